The van der Waals surface area contributed by atoms with Gasteiger partial charge in [0.05, 0.1) is 19.6 Å². The lowest BCUT2D eigenvalue weighted by Crippen LogP contribution is -2.08. The standard InChI is InChI=1S/C14H12N2O3S/c1-18-10-4-3-8(7-11(10)19-2)12-15-13(17)9-5-6-20-14(9)16-12/h3-7H,1-2H3,(H,15,16,17). The van der Waals surface area contributed by atoms with Gasteiger partial charge in [-0.05, 0) is 29.6 Å². The van der Waals surface area contributed by atoms with Gasteiger partial charge in [0, 0.05) is 5.56 Å². The molecular formula is C14H12N2O3S. The van der Waals surface area contributed by atoms with Gasteiger partial charge in [-0.15, -0.1) is 11.3 Å². The van der Waals surface area contributed by atoms with E-state index in [1.165, 1.54) is 11.3 Å². The summed E-state index contributed by atoms with van der Waals surface area (Å²) in [6, 6.07) is 7.17. The lowest BCUT2D eigenvalue weighted by Gasteiger charge is -2.09. The van der Waals surface area contributed by atoms with Crippen LogP contribution in [0.1, 0.15) is 0 Å². The van der Waals surface area contributed by atoms with E-state index in [4.69, 9.17) is 9.47 Å². The molecule has 0 radical (unpaired) electrons. The van der Waals surface area contributed by atoms with Gasteiger partial charge in [-0.25, -0.2) is 4.98 Å². The first-order chi connectivity index (χ1) is 9.72. The zero-order chi connectivity index (χ0) is 14.1. The van der Waals surface area contributed by atoms with Crippen LogP contribution < -0.4 is 15.0 Å². The molecule has 5 nitrogen and oxygen atoms in total. The molecule has 0 amide bonds. The zero-order valence-electron chi connectivity index (χ0n) is 11.0. The average molecular weight is 288 g/mol. The highest BCUT2D eigenvalue weighted by Crippen LogP contribution is 2.31. The molecule has 0 bridgehead atoms. The van der Waals surface area contributed by atoms with Gasteiger partial charge >= 0.3 is 0 Å². The van der Waals surface area contributed by atoms with Crippen molar-refractivity contribution in [1.82, 2.24) is 9.97 Å². The molecule has 0 saturated carbocycles. The van der Waals surface area contributed by atoms with Gasteiger partial charge in [0.1, 0.15) is 10.7 Å². The number of H-pyrrole nitrogens is 1. The van der Waals surface area contributed by atoms with Crippen LogP contribution in [0.15, 0.2) is 34.4 Å². The first-order valence-corrected chi connectivity index (χ1v) is 6.81. The van der Waals surface area contributed by atoms with Gasteiger partial charge in [-0.2, -0.15) is 0 Å². The van der Waals surface area contributed by atoms with E-state index in [2.05, 4.69) is 9.97 Å². The van der Waals surface area contributed by atoms with Crippen molar-refractivity contribution >= 4 is 21.6 Å². The predicted octanol–water partition coefficient (Wildman–Crippen LogP) is 2.67. The van der Waals surface area contributed by atoms with Gasteiger partial charge in [0.15, 0.2) is 11.5 Å². The summed E-state index contributed by atoms with van der Waals surface area (Å²) in [4.78, 5) is 19.9. The van der Waals surface area contributed by atoms with Crippen LogP contribution in [0.5, 0.6) is 11.5 Å². The Balaban J connectivity index is 2.17. The number of nitrogens with zero attached hydrogens (tertiary/aromatic N) is 1. The van der Waals surface area contributed by atoms with E-state index >= 15 is 0 Å². The lowest BCUT2D eigenvalue weighted by molar-refractivity contribution is 0.355. The number of thiophene rings is 1. The van der Waals surface area contributed by atoms with Crippen LogP contribution in [-0.2, 0) is 0 Å². The van der Waals surface area contributed by atoms with Crippen molar-refractivity contribution in [1.29, 1.82) is 0 Å². The van der Waals surface area contributed by atoms with Gasteiger partial charge in [-0.1, -0.05) is 0 Å². The van der Waals surface area contributed by atoms with Crippen LogP contribution in [0.4, 0.5) is 0 Å². The Kier molecular flexibility index (Phi) is 3.15. The number of rotatable bonds is 3. The molecule has 2 heterocycles. The third-order valence-corrected chi connectivity index (χ3v) is 3.80. The predicted molar refractivity (Wildman–Crippen MR) is 78.8 cm³/mol. The van der Waals surface area contributed by atoms with Gasteiger partial charge in [0.2, 0.25) is 0 Å². The Morgan fingerprint density at radius 1 is 1.15 bits per heavy atom. The highest BCUT2D eigenvalue weighted by Gasteiger charge is 2.10. The van der Waals surface area contributed by atoms with Crippen molar-refractivity contribution in [2.24, 2.45) is 0 Å². The van der Waals surface area contributed by atoms with Crippen LogP contribution in [0.3, 0.4) is 0 Å². The van der Waals surface area contributed by atoms with E-state index in [-0.39, 0.29) is 5.56 Å². The molecule has 102 valence electrons. The summed E-state index contributed by atoms with van der Waals surface area (Å²) in [7, 11) is 3.15. The van der Waals surface area contributed by atoms with Crippen molar-refractivity contribution in [3.05, 3.63) is 40.0 Å². The summed E-state index contributed by atoms with van der Waals surface area (Å²) in [6.07, 6.45) is 0. The SMILES string of the molecule is COc1ccc(-c2nc3sccc3c(=O)[nH]2)cc1OC. The van der Waals surface area contributed by atoms with E-state index in [9.17, 15) is 4.79 Å². The van der Waals surface area contributed by atoms with Crippen LogP contribution in [0.2, 0.25) is 0 Å². The minimum atomic E-state index is -0.138. The maximum atomic E-state index is 12.0. The minimum Gasteiger partial charge on any atom is -0.493 e. The smallest absolute Gasteiger partial charge is 0.259 e. The van der Waals surface area contributed by atoms with E-state index in [1.807, 2.05) is 11.4 Å². The molecule has 0 aliphatic heterocycles. The molecule has 3 rings (SSSR count). The van der Waals surface area contributed by atoms with E-state index in [1.54, 1.807) is 32.4 Å². The zero-order valence-corrected chi connectivity index (χ0v) is 11.8. The number of methoxy groups -OCH3 is 2. The summed E-state index contributed by atoms with van der Waals surface area (Å²) in [5, 5.41) is 2.46. The molecule has 0 spiro atoms. The van der Waals surface area contributed by atoms with E-state index < -0.39 is 0 Å². The van der Waals surface area contributed by atoms with Crippen molar-refractivity contribution in [3.8, 4) is 22.9 Å². The monoisotopic (exact) mass is 288 g/mol. The third-order valence-electron chi connectivity index (χ3n) is 2.99. The lowest BCUT2D eigenvalue weighted by atomic mass is 10.2. The van der Waals surface area contributed by atoms with Crippen LogP contribution in [0, 0.1) is 0 Å². The van der Waals surface area contributed by atoms with Crippen molar-refractivity contribution in [2.75, 3.05) is 14.2 Å². The van der Waals surface area contributed by atoms with Gasteiger partial charge in [-0.3, -0.25) is 4.79 Å². The molecule has 6 heteroatoms. The molecule has 20 heavy (non-hydrogen) atoms. The Morgan fingerprint density at radius 3 is 2.70 bits per heavy atom. The molecular weight excluding hydrogens is 276 g/mol. The summed E-state index contributed by atoms with van der Waals surface area (Å²) in [5.41, 5.74) is 0.635. The first kappa shape index (κ1) is 12.7. The Hall–Kier alpha value is -2.34. The van der Waals surface area contributed by atoms with Crippen molar-refractivity contribution in [2.45, 2.75) is 0 Å². The maximum Gasteiger partial charge on any atom is 0.259 e. The Labute approximate surface area is 118 Å². The second kappa shape index (κ2) is 4.97. The summed E-state index contributed by atoms with van der Waals surface area (Å²) in [6.45, 7) is 0. The summed E-state index contributed by atoms with van der Waals surface area (Å²) < 4.78 is 10.5. The maximum absolute atomic E-state index is 12.0. The summed E-state index contributed by atoms with van der Waals surface area (Å²) >= 11 is 1.44. The average Bonchev–Trinajstić information content (AvgIpc) is 2.95. The molecule has 1 aromatic carbocycles. The number of ether oxygens (including phenoxy) is 2. The minimum absolute atomic E-state index is 0.138. The fourth-order valence-corrected chi connectivity index (χ4v) is 2.75. The number of aromatic amines is 1. The first-order valence-electron chi connectivity index (χ1n) is 5.93. The number of hydrogen-bond acceptors (Lipinski definition) is 5. The Bertz CT molecular complexity index is 823. The fourth-order valence-electron chi connectivity index (χ4n) is 1.99. The third kappa shape index (κ3) is 2.04. The van der Waals surface area contributed by atoms with Gasteiger partial charge < -0.3 is 14.5 Å². The fraction of sp³-hybridized carbons (Fsp3) is 0.143. The highest BCUT2D eigenvalue weighted by atomic mass is 32.1. The molecule has 2 aromatic heterocycles. The second-order valence-corrected chi connectivity index (χ2v) is 5.02. The van der Waals surface area contributed by atoms with Crippen LogP contribution in [0.25, 0.3) is 21.6 Å². The number of nitrogens with one attached hydrogen (secondary N) is 1. The number of benzene rings is 1. The quantitative estimate of drug-likeness (QED) is 0.804. The van der Waals surface area contributed by atoms with Crippen molar-refractivity contribution in [3.63, 3.8) is 0 Å². The topological polar surface area (TPSA) is 64.2 Å². The Morgan fingerprint density at radius 2 is 1.95 bits per heavy atom. The molecule has 0 aliphatic rings. The molecule has 0 unspecified atom stereocenters. The van der Waals surface area contributed by atoms with Crippen LogP contribution in [-0.4, -0.2) is 24.2 Å². The van der Waals surface area contributed by atoms with Crippen LogP contribution >= 0.6 is 11.3 Å². The summed E-state index contributed by atoms with van der Waals surface area (Å²) in [5.74, 6) is 1.75. The number of hydrogen-bond donors (Lipinski definition) is 1. The highest BCUT2D eigenvalue weighted by molar-refractivity contribution is 7.16. The normalized spacial score (nSPS) is 10.7. The number of aromatic nitrogens is 2. The van der Waals surface area contributed by atoms with Crippen molar-refractivity contribution < 1.29 is 9.47 Å². The van der Waals surface area contributed by atoms with Gasteiger partial charge in [0.25, 0.3) is 5.56 Å². The molecule has 3 aromatic rings. The largest absolute Gasteiger partial charge is 0.493 e. The molecule has 1 N–H and O–H groups in total. The second-order valence-electron chi connectivity index (χ2n) is 4.12. The van der Waals surface area contributed by atoms with E-state index in [0.717, 1.165) is 10.4 Å². The molecule has 0 saturated heterocycles. The number of fused-ring (bicyclic) bond motifs is 1. The molecule has 0 atom stereocenters. The molecule has 0 aliphatic carbocycles. The van der Waals surface area contributed by atoms with E-state index in [0.29, 0.717) is 22.7 Å². The molecule has 0 fully saturated rings.